The minimum Gasteiger partial charge on any atom is -0.493 e. The fourth-order valence-electron chi connectivity index (χ4n) is 2.35. The molecule has 2 rings (SSSR count). The van der Waals surface area contributed by atoms with Gasteiger partial charge in [0.2, 0.25) is 5.75 Å². The summed E-state index contributed by atoms with van der Waals surface area (Å²) in [6.07, 6.45) is 0.591. The van der Waals surface area contributed by atoms with Crippen molar-refractivity contribution < 1.29 is 23.4 Å². The van der Waals surface area contributed by atoms with Crippen LogP contribution in [0, 0.1) is 5.82 Å². The van der Waals surface area contributed by atoms with E-state index in [9.17, 15) is 9.18 Å². The molecule has 0 saturated carbocycles. The van der Waals surface area contributed by atoms with Crippen LogP contribution in [-0.2, 0) is 6.42 Å². The molecule has 25 heavy (non-hydrogen) atoms. The van der Waals surface area contributed by atoms with Crippen molar-refractivity contribution in [2.75, 3.05) is 27.9 Å². The zero-order valence-corrected chi connectivity index (χ0v) is 15.8. The van der Waals surface area contributed by atoms with E-state index in [0.717, 1.165) is 5.56 Å². The highest BCUT2D eigenvalue weighted by molar-refractivity contribution is 9.10. The van der Waals surface area contributed by atoms with Crippen LogP contribution in [0.2, 0.25) is 0 Å². The molecule has 0 radical (unpaired) electrons. The van der Waals surface area contributed by atoms with Gasteiger partial charge in [-0.2, -0.15) is 0 Å². The molecule has 0 heterocycles. The lowest BCUT2D eigenvalue weighted by Gasteiger charge is -2.16. The summed E-state index contributed by atoms with van der Waals surface area (Å²) >= 11 is 3.38. The molecule has 134 valence electrons. The summed E-state index contributed by atoms with van der Waals surface area (Å²) in [5, 5.41) is 2.83. The fourth-order valence-corrected chi connectivity index (χ4v) is 2.99. The highest BCUT2D eigenvalue weighted by Gasteiger charge is 2.22. The molecule has 5 nitrogen and oxygen atoms in total. The van der Waals surface area contributed by atoms with Gasteiger partial charge in [-0.15, -0.1) is 0 Å². The molecule has 2 aromatic carbocycles. The first kappa shape index (κ1) is 19.1. The Morgan fingerprint density at radius 3 is 2.28 bits per heavy atom. The van der Waals surface area contributed by atoms with Gasteiger partial charge in [-0.1, -0.05) is 12.1 Å². The normalized spacial score (nSPS) is 10.3. The van der Waals surface area contributed by atoms with Crippen molar-refractivity contribution in [1.82, 2.24) is 5.32 Å². The third-order valence-electron chi connectivity index (χ3n) is 3.63. The van der Waals surface area contributed by atoms with Crippen LogP contribution in [0.15, 0.2) is 34.8 Å². The molecule has 0 fully saturated rings. The minimum atomic E-state index is -0.284. The number of hydrogen-bond donors (Lipinski definition) is 1. The molecule has 0 spiro atoms. The summed E-state index contributed by atoms with van der Waals surface area (Å²) in [4.78, 5) is 12.5. The maximum absolute atomic E-state index is 12.9. The molecule has 0 bridgehead atoms. The quantitative estimate of drug-likeness (QED) is 0.756. The second kappa shape index (κ2) is 8.71. The summed E-state index contributed by atoms with van der Waals surface area (Å²) in [5.74, 6) is 0.610. The Bertz CT molecular complexity index is 750. The maximum Gasteiger partial charge on any atom is 0.252 e. The fraction of sp³-hybridized carbons (Fsp3) is 0.278. The molecule has 0 unspecified atom stereocenters. The average Bonchev–Trinajstić information content (AvgIpc) is 2.62. The Hall–Kier alpha value is -2.28. The second-order valence-corrected chi connectivity index (χ2v) is 5.93. The number of methoxy groups -OCH3 is 3. The molecule has 0 aliphatic carbocycles. The number of rotatable bonds is 7. The standard InChI is InChI=1S/C18H19BrFNO4/c1-23-14-10-13(15(19)17(25-3)16(14)24-2)18(22)21-9-8-11-4-6-12(20)7-5-11/h4-7,10H,8-9H2,1-3H3,(H,21,22). The Labute approximate surface area is 154 Å². The van der Waals surface area contributed by atoms with E-state index in [0.29, 0.717) is 40.3 Å². The van der Waals surface area contributed by atoms with Gasteiger partial charge in [0.1, 0.15) is 5.82 Å². The highest BCUT2D eigenvalue weighted by Crippen LogP contribution is 2.44. The van der Waals surface area contributed by atoms with Crippen molar-refractivity contribution in [3.63, 3.8) is 0 Å². The highest BCUT2D eigenvalue weighted by atomic mass is 79.9. The summed E-state index contributed by atoms with van der Waals surface area (Å²) in [6.45, 7) is 0.410. The average molecular weight is 412 g/mol. The van der Waals surface area contributed by atoms with E-state index in [2.05, 4.69) is 21.2 Å². The molecule has 0 aliphatic heterocycles. The van der Waals surface area contributed by atoms with E-state index in [1.54, 1.807) is 18.2 Å². The van der Waals surface area contributed by atoms with Gasteiger partial charge in [0.25, 0.3) is 5.91 Å². The predicted molar refractivity (Wildman–Crippen MR) is 96.2 cm³/mol. The van der Waals surface area contributed by atoms with E-state index < -0.39 is 0 Å². The number of halogens is 2. The Kier molecular flexibility index (Phi) is 6.64. The number of carbonyl (C=O) groups excluding carboxylic acids is 1. The molecule has 2 aromatic rings. The Balaban J connectivity index is 2.14. The number of nitrogens with one attached hydrogen (secondary N) is 1. The van der Waals surface area contributed by atoms with E-state index in [4.69, 9.17) is 14.2 Å². The predicted octanol–water partition coefficient (Wildman–Crippen LogP) is 3.59. The first-order valence-electron chi connectivity index (χ1n) is 7.53. The Morgan fingerprint density at radius 2 is 1.72 bits per heavy atom. The van der Waals surface area contributed by atoms with Gasteiger partial charge in [-0.3, -0.25) is 4.79 Å². The first-order chi connectivity index (χ1) is 12.0. The monoisotopic (exact) mass is 411 g/mol. The van der Waals surface area contributed by atoms with Gasteiger partial charge in [0.15, 0.2) is 11.5 Å². The van der Waals surface area contributed by atoms with Crippen molar-refractivity contribution in [1.29, 1.82) is 0 Å². The third kappa shape index (κ3) is 4.42. The van der Waals surface area contributed by atoms with Gasteiger partial charge < -0.3 is 19.5 Å². The van der Waals surface area contributed by atoms with Crippen molar-refractivity contribution in [2.24, 2.45) is 0 Å². The van der Waals surface area contributed by atoms with Crippen LogP contribution in [0.25, 0.3) is 0 Å². The van der Waals surface area contributed by atoms with Crippen LogP contribution in [0.4, 0.5) is 4.39 Å². The zero-order valence-electron chi connectivity index (χ0n) is 14.2. The van der Waals surface area contributed by atoms with Crippen LogP contribution in [-0.4, -0.2) is 33.8 Å². The molecule has 7 heteroatoms. The lowest BCUT2D eigenvalue weighted by atomic mass is 10.1. The molecule has 0 aromatic heterocycles. The van der Waals surface area contributed by atoms with E-state index in [1.165, 1.54) is 33.5 Å². The SMILES string of the molecule is COc1cc(C(=O)NCCc2ccc(F)cc2)c(Br)c(OC)c1OC. The van der Waals surface area contributed by atoms with Crippen molar-refractivity contribution >= 4 is 21.8 Å². The molecule has 0 aliphatic rings. The van der Waals surface area contributed by atoms with E-state index in [1.807, 2.05) is 0 Å². The third-order valence-corrected chi connectivity index (χ3v) is 4.41. The molecule has 0 saturated heterocycles. The van der Waals surface area contributed by atoms with Crippen molar-refractivity contribution in [3.8, 4) is 17.2 Å². The van der Waals surface area contributed by atoms with E-state index >= 15 is 0 Å². The molecule has 0 atom stereocenters. The molecule has 1 amide bonds. The van der Waals surface area contributed by atoms with Gasteiger partial charge >= 0.3 is 0 Å². The number of ether oxygens (including phenoxy) is 3. The van der Waals surface area contributed by atoms with Gasteiger partial charge in [0, 0.05) is 6.54 Å². The summed E-state index contributed by atoms with van der Waals surface area (Å²) in [6, 6.07) is 7.76. The maximum atomic E-state index is 12.9. The van der Waals surface area contributed by atoms with Crippen LogP contribution in [0.5, 0.6) is 17.2 Å². The van der Waals surface area contributed by atoms with Gasteiger partial charge in [0.05, 0.1) is 31.4 Å². The zero-order chi connectivity index (χ0) is 18.4. The minimum absolute atomic E-state index is 0.283. The van der Waals surface area contributed by atoms with Gasteiger partial charge in [-0.05, 0) is 46.1 Å². The summed E-state index contributed by atoms with van der Waals surface area (Å²) < 4.78 is 29.2. The largest absolute Gasteiger partial charge is 0.493 e. The van der Waals surface area contributed by atoms with E-state index in [-0.39, 0.29) is 11.7 Å². The smallest absolute Gasteiger partial charge is 0.252 e. The van der Waals surface area contributed by atoms with Crippen LogP contribution in [0.3, 0.4) is 0 Å². The number of carbonyl (C=O) groups is 1. The lowest BCUT2D eigenvalue weighted by molar-refractivity contribution is 0.0952. The summed E-state index contributed by atoms with van der Waals surface area (Å²) in [7, 11) is 4.47. The topological polar surface area (TPSA) is 56.8 Å². The number of hydrogen-bond acceptors (Lipinski definition) is 4. The van der Waals surface area contributed by atoms with Crippen LogP contribution in [0.1, 0.15) is 15.9 Å². The first-order valence-corrected chi connectivity index (χ1v) is 8.32. The molecule has 1 N–H and O–H groups in total. The number of amides is 1. The molecular formula is C18H19BrFNO4. The summed E-state index contributed by atoms with van der Waals surface area (Å²) in [5.41, 5.74) is 1.30. The van der Waals surface area contributed by atoms with Crippen LogP contribution < -0.4 is 19.5 Å². The molecular weight excluding hydrogens is 393 g/mol. The van der Waals surface area contributed by atoms with Crippen molar-refractivity contribution in [3.05, 3.63) is 51.7 Å². The van der Waals surface area contributed by atoms with Gasteiger partial charge in [-0.25, -0.2) is 4.39 Å². The van der Waals surface area contributed by atoms with Crippen molar-refractivity contribution in [2.45, 2.75) is 6.42 Å². The Morgan fingerprint density at radius 1 is 1.08 bits per heavy atom. The van der Waals surface area contributed by atoms with Crippen LogP contribution >= 0.6 is 15.9 Å². The second-order valence-electron chi connectivity index (χ2n) is 5.14. The lowest BCUT2D eigenvalue weighted by Crippen LogP contribution is -2.26. The number of benzene rings is 2.